The van der Waals surface area contributed by atoms with Gasteiger partial charge in [0.05, 0.1) is 6.04 Å². The minimum atomic E-state index is -0.141. The second kappa shape index (κ2) is 5.48. The third-order valence-corrected chi connectivity index (χ3v) is 3.80. The highest BCUT2D eigenvalue weighted by Crippen LogP contribution is 2.32. The Morgan fingerprint density at radius 2 is 2.11 bits per heavy atom. The first-order valence-corrected chi connectivity index (χ1v) is 6.84. The predicted molar refractivity (Wildman–Crippen MR) is 71.0 cm³/mol. The van der Waals surface area contributed by atoms with Crippen LogP contribution >= 0.6 is 0 Å². The molecule has 0 spiro atoms. The zero-order valence-corrected chi connectivity index (χ0v) is 10.8. The molecule has 0 saturated heterocycles. The Kier molecular flexibility index (Phi) is 3.55. The molecule has 5 nitrogen and oxygen atoms in total. The number of pyridine rings is 1. The molecule has 0 radical (unpaired) electrons. The van der Waals surface area contributed by atoms with Crippen LogP contribution in [0, 0.1) is 5.92 Å². The van der Waals surface area contributed by atoms with E-state index in [0.29, 0.717) is 17.6 Å². The molecule has 1 unspecified atom stereocenters. The van der Waals surface area contributed by atoms with E-state index in [1.165, 1.54) is 19.3 Å². The van der Waals surface area contributed by atoms with Crippen LogP contribution in [0.3, 0.4) is 0 Å². The summed E-state index contributed by atoms with van der Waals surface area (Å²) in [5, 5.41) is 4.00. The van der Waals surface area contributed by atoms with Crippen LogP contribution in [0.15, 0.2) is 29.0 Å². The quantitative estimate of drug-likeness (QED) is 0.915. The molecule has 2 heterocycles. The Hall–Kier alpha value is -1.75. The number of nitrogens with two attached hydrogens (primary N) is 1. The lowest BCUT2D eigenvalue weighted by molar-refractivity contribution is 0.255. The van der Waals surface area contributed by atoms with E-state index >= 15 is 0 Å². The van der Waals surface area contributed by atoms with Crippen molar-refractivity contribution in [2.45, 2.75) is 38.1 Å². The molecule has 2 aromatic heterocycles. The van der Waals surface area contributed by atoms with Gasteiger partial charge >= 0.3 is 0 Å². The van der Waals surface area contributed by atoms with Gasteiger partial charge in [0.15, 0.2) is 0 Å². The lowest BCUT2D eigenvalue weighted by Crippen LogP contribution is -2.23. The van der Waals surface area contributed by atoms with E-state index < -0.39 is 0 Å². The van der Waals surface area contributed by atoms with Crippen LogP contribution in [0.5, 0.6) is 0 Å². The molecule has 0 aliphatic heterocycles. The summed E-state index contributed by atoms with van der Waals surface area (Å²) in [5.41, 5.74) is 7.10. The van der Waals surface area contributed by atoms with Crippen LogP contribution in [0.1, 0.15) is 44.0 Å². The summed E-state index contributed by atoms with van der Waals surface area (Å²) in [6, 6.07) is 3.62. The van der Waals surface area contributed by atoms with Crippen molar-refractivity contribution in [3.63, 3.8) is 0 Å². The molecule has 0 aromatic carbocycles. The highest BCUT2D eigenvalue weighted by molar-refractivity contribution is 5.51. The number of nitrogens with zero attached hydrogens (tertiary/aromatic N) is 3. The van der Waals surface area contributed by atoms with Crippen molar-refractivity contribution in [3.05, 3.63) is 30.4 Å². The van der Waals surface area contributed by atoms with Gasteiger partial charge in [-0.05, 0) is 30.9 Å². The van der Waals surface area contributed by atoms with Gasteiger partial charge in [-0.3, -0.25) is 4.98 Å². The van der Waals surface area contributed by atoms with Crippen LogP contribution < -0.4 is 5.73 Å². The smallest absolute Gasteiger partial charge is 0.244 e. The van der Waals surface area contributed by atoms with E-state index in [-0.39, 0.29) is 6.04 Å². The molecular weight excluding hydrogens is 240 g/mol. The molecule has 5 heteroatoms. The fourth-order valence-corrected chi connectivity index (χ4v) is 2.68. The molecule has 1 fully saturated rings. The highest BCUT2D eigenvalue weighted by Gasteiger charge is 2.26. The number of aromatic nitrogens is 3. The molecule has 3 rings (SSSR count). The third-order valence-electron chi connectivity index (χ3n) is 3.80. The molecule has 1 saturated carbocycles. The summed E-state index contributed by atoms with van der Waals surface area (Å²) in [6.45, 7) is 0. The second-order valence-electron chi connectivity index (χ2n) is 5.12. The first-order chi connectivity index (χ1) is 9.34. The summed E-state index contributed by atoms with van der Waals surface area (Å²) in [4.78, 5) is 8.46. The van der Waals surface area contributed by atoms with Crippen molar-refractivity contribution in [2.75, 3.05) is 0 Å². The molecule has 2 aromatic rings. The van der Waals surface area contributed by atoms with Gasteiger partial charge in [-0.15, -0.1) is 0 Å². The summed E-state index contributed by atoms with van der Waals surface area (Å²) < 4.78 is 5.32. The van der Waals surface area contributed by atoms with Gasteiger partial charge in [-0.25, -0.2) is 0 Å². The Morgan fingerprint density at radius 1 is 1.26 bits per heavy atom. The van der Waals surface area contributed by atoms with Gasteiger partial charge in [0.25, 0.3) is 0 Å². The lowest BCUT2D eigenvalue weighted by atomic mass is 9.84. The molecule has 100 valence electrons. The van der Waals surface area contributed by atoms with E-state index in [1.807, 2.05) is 12.1 Å². The predicted octanol–water partition coefficient (Wildman–Crippen LogP) is 2.71. The van der Waals surface area contributed by atoms with Crippen LogP contribution in [0.2, 0.25) is 0 Å². The van der Waals surface area contributed by atoms with Crippen molar-refractivity contribution < 1.29 is 4.52 Å². The topological polar surface area (TPSA) is 77.8 Å². The normalized spacial score (nSPS) is 18.4. The largest absolute Gasteiger partial charge is 0.337 e. The van der Waals surface area contributed by atoms with E-state index in [4.69, 9.17) is 10.3 Å². The van der Waals surface area contributed by atoms with E-state index in [0.717, 1.165) is 18.4 Å². The minimum Gasteiger partial charge on any atom is -0.337 e. The molecular formula is C14H18N4O. The molecule has 1 atom stereocenters. The Balaban J connectivity index is 1.77. The van der Waals surface area contributed by atoms with Crippen molar-refractivity contribution in [1.29, 1.82) is 0 Å². The van der Waals surface area contributed by atoms with Crippen LogP contribution in [-0.4, -0.2) is 15.1 Å². The van der Waals surface area contributed by atoms with E-state index in [9.17, 15) is 0 Å². The number of hydrogen-bond donors (Lipinski definition) is 1. The number of hydrogen-bond acceptors (Lipinski definition) is 5. The SMILES string of the molecule is NC(c1nc(-c2cccnc2)no1)C1CCCCC1. The van der Waals surface area contributed by atoms with Crippen molar-refractivity contribution >= 4 is 0 Å². The second-order valence-corrected chi connectivity index (χ2v) is 5.12. The molecule has 1 aliphatic rings. The summed E-state index contributed by atoms with van der Waals surface area (Å²) in [7, 11) is 0. The van der Waals surface area contributed by atoms with Gasteiger partial charge < -0.3 is 10.3 Å². The zero-order chi connectivity index (χ0) is 13.1. The maximum atomic E-state index is 6.25. The van der Waals surface area contributed by atoms with Crippen molar-refractivity contribution in [2.24, 2.45) is 11.7 Å². The molecule has 0 amide bonds. The standard InChI is InChI=1S/C14H18N4O/c15-12(10-5-2-1-3-6-10)14-17-13(18-19-14)11-7-4-8-16-9-11/h4,7-10,12H,1-3,5-6,15H2. The van der Waals surface area contributed by atoms with Crippen molar-refractivity contribution in [1.82, 2.24) is 15.1 Å². The number of rotatable bonds is 3. The summed E-state index contributed by atoms with van der Waals surface area (Å²) >= 11 is 0. The average molecular weight is 258 g/mol. The molecule has 1 aliphatic carbocycles. The Bertz CT molecular complexity index is 519. The maximum absolute atomic E-state index is 6.25. The Morgan fingerprint density at radius 3 is 2.84 bits per heavy atom. The monoisotopic (exact) mass is 258 g/mol. The first kappa shape index (κ1) is 12.3. The highest BCUT2D eigenvalue weighted by atomic mass is 16.5. The van der Waals surface area contributed by atoms with Gasteiger partial charge in [0.2, 0.25) is 11.7 Å². The molecule has 19 heavy (non-hydrogen) atoms. The van der Waals surface area contributed by atoms with Crippen molar-refractivity contribution in [3.8, 4) is 11.4 Å². The fourth-order valence-electron chi connectivity index (χ4n) is 2.68. The summed E-state index contributed by atoms with van der Waals surface area (Å²) in [6.07, 6.45) is 9.58. The van der Waals surface area contributed by atoms with Crippen LogP contribution in [-0.2, 0) is 0 Å². The van der Waals surface area contributed by atoms with E-state index in [2.05, 4.69) is 15.1 Å². The summed E-state index contributed by atoms with van der Waals surface area (Å²) in [5.74, 6) is 1.58. The fraction of sp³-hybridized carbons (Fsp3) is 0.500. The minimum absolute atomic E-state index is 0.141. The molecule has 2 N–H and O–H groups in total. The van der Waals surface area contributed by atoms with Crippen LogP contribution in [0.25, 0.3) is 11.4 Å². The van der Waals surface area contributed by atoms with Gasteiger partial charge in [0, 0.05) is 18.0 Å². The third kappa shape index (κ3) is 2.66. The Labute approximate surface area is 112 Å². The average Bonchev–Trinajstić information content (AvgIpc) is 2.98. The maximum Gasteiger partial charge on any atom is 0.244 e. The first-order valence-electron chi connectivity index (χ1n) is 6.84. The van der Waals surface area contributed by atoms with Gasteiger partial charge in [-0.2, -0.15) is 4.98 Å². The zero-order valence-electron chi connectivity index (χ0n) is 10.8. The lowest BCUT2D eigenvalue weighted by Gasteiger charge is -2.24. The van der Waals surface area contributed by atoms with Gasteiger partial charge in [-0.1, -0.05) is 24.4 Å². The van der Waals surface area contributed by atoms with Gasteiger partial charge in [0.1, 0.15) is 0 Å². The molecule has 0 bridgehead atoms. The van der Waals surface area contributed by atoms with E-state index in [1.54, 1.807) is 12.4 Å². The van der Waals surface area contributed by atoms with Crippen LogP contribution in [0.4, 0.5) is 0 Å².